The normalized spacial score (nSPS) is 12.3. The van der Waals surface area contributed by atoms with Gasteiger partial charge < -0.3 is 9.33 Å². The summed E-state index contributed by atoms with van der Waals surface area (Å²) in [5, 5.41) is 1.08. The van der Waals surface area contributed by atoms with Crippen LogP contribution in [0.3, 0.4) is 0 Å². The van der Waals surface area contributed by atoms with E-state index in [4.69, 9.17) is 4.43 Å². The summed E-state index contributed by atoms with van der Waals surface area (Å²) in [6.45, 7) is 16.7. The molecule has 0 atom stereocenters. The Labute approximate surface area is 136 Å². The number of rotatable bonds is 6. The van der Waals surface area contributed by atoms with Crippen molar-refractivity contribution in [1.29, 1.82) is 0 Å². The molecule has 0 saturated carbocycles. The van der Waals surface area contributed by atoms with Gasteiger partial charge >= 0.3 is 0 Å². The number of carbonyl (C=O) groups excluding carboxylic acids is 1. The Morgan fingerprint density at radius 1 is 1.00 bits per heavy atom. The second-order valence-corrected chi connectivity index (χ2v) is 10.9. The highest BCUT2D eigenvalue weighted by molar-refractivity contribution is 6.85. The van der Waals surface area contributed by atoms with Gasteiger partial charge in [-0.1, -0.05) is 18.2 Å². The molecule has 3 nitrogen and oxygen atoms in total. The fourth-order valence-electron chi connectivity index (χ4n) is 3.05. The van der Waals surface area contributed by atoms with Crippen molar-refractivity contribution < 1.29 is 9.22 Å². The Kier molecular flexibility index (Phi) is 6.38. The molecule has 0 unspecified atom stereocenters. The van der Waals surface area contributed by atoms with Gasteiger partial charge in [-0.15, -0.1) is 0 Å². The van der Waals surface area contributed by atoms with E-state index in [-0.39, 0.29) is 24.1 Å². The molecular weight excluding hydrogens is 290 g/mol. The zero-order valence-electron chi connectivity index (χ0n) is 15.3. The van der Waals surface area contributed by atoms with Gasteiger partial charge in [0.15, 0.2) is 0 Å². The number of hydrogen-bond donors (Lipinski definition) is 0. The summed E-state index contributed by atoms with van der Waals surface area (Å²) in [5.41, 5.74) is 0.794. The van der Waals surface area contributed by atoms with E-state index in [0.717, 1.165) is 10.8 Å². The summed E-state index contributed by atoms with van der Waals surface area (Å²) in [6, 6.07) is 8.29. The van der Waals surface area contributed by atoms with Crippen LogP contribution < -0.4 is 5.19 Å². The highest BCUT2D eigenvalue weighted by Gasteiger charge is 2.33. The average Bonchev–Trinajstić information content (AvgIpc) is 2.36. The van der Waals surface area contributed by atoms with Crippen molar-refractivity contribution in [3.05, 3.63) is 29.8 Å². The van der Waals surface area contributed by atoms with Gasteiger partial charge in [-0.25, -0.2) is 0 Å². The number of benzene rings is 1. The Balaban J connectivity index is 3.29. The fraction of sp³-hybridized carbons (Fsp3) is 0.611. The number of hydrogen-bond acceptors (Lipinski definition) is 2. The van der Waals surface area contributed by atoms with Crippen molar-refractivity contribution in [3.8, 4) is 0 Å². The maximum atomic E-state index is 13.1. The molecule has 22 heavy (non-hydrogen) atoms. The zero-order valence-corrected chi connectivity index (χ0v) is 16.3. The fourth-order valence-corrected chi connectivity index (χ4v) is 5.69. The Bertz CT molecular complexity index is 502. The van der Waals surface area contributed by atoms with E-state index in [1.54, 1.807) is 0 Å². The minimum absolute atomic E-state index is 0.105. The first-order chi connectivity index (χ1) is 10.1. The SMILES string of the molecule is CC(C)O[Si](C)(C)c1ccccc1C(=O)N(C(C)C)C(C)C. The summed E-state index contributed by atoms with van der Waals surface area (Å²) >= 11 is 0. The first kappa shape index (κ1) is 18.9. The van der Waals surface area contributed by atoms with Crippen LogP contribution in [0, 0.1) is 0 Å². The van der Waals surface area contributed by atoms with Crippen LogP contribution in [0.2, 0.25) is 13.1 Å². The highest BCUT2D eigenvalue weighted by Crippen LogP contribution is 2.16. The van der Waals surface area contributed by atoms with E-state index >= 15 is 0 Å². The van der Waals surface area contributed by atoms with Crippen LogP contribution in [-0.4, -0.2) is 37.3 Å². The molecule has 1 aromatic rings. The van der Waals surface area contributed by atoms with Gasteiger partial charge in [0.1, 0.15) is 0 Å². The van der Waals surface area contributed by atoms with Crippen molar-refractivity contribution in [2.45, 2.75) is 72.8 Å². The third-order valence-electron chi connectivity index (χ3n) is 3.68. The molecule has 0 aliphatic carbocycles. The largest absolute Gasteiger partial charge is 0.411 e. The van der Waals surface area contributed by atoms with Gasteiger partial charge in [0, 0.05) is 23.8 Å². The van der Waals surface area contributed by atoms with Crippen molar-refractivity contribution >= 4 is 19.4 Å². The summed E-state index contributed by atoms with van der Waals surface area (Å²) in [5.74, 6) is 0.105. The van der Waals surface area contributed by atoms with Gasteiger partial charge in [-0.2, -0.15) is 0 Å². The molecule has 0 fully saturated rings. The zero-order chi connectivity index (χ0) is 17.1. The van der Waals surface area contributed by atoms with Gasteiger partial charge in [0.05, 0.1) is 0 Å². The lowest BCUT2D eigenvalue weighted by molar-refractivity contribution is 0.0644. The molecule has 1 amide bonds. The molecule has 124 valence electrons. The summed E-state index contributed by atoms with van der Waals surface area (Å²) in [7, 11) is -2.11. The first-order valence-electron chi connectivity index (χ1n) is 8.18. The van der Waals surface area contributed by atoms with Gasteiger partial charge in [-0.05, 0) is 65.9 Å². The van der Waals surface area contributed by atoms with E-state index < -0.39 is 8.32 Å². The van der Waals surface area contributed by atoms with E-state index in [0.29, 0.717) is 0 Å². The molecule has 0 saturated heterocycles. The molecule has 0 aliphatic rings. The topological polar surface area (TPSA) is 29.5 Å². The van der Waals surface area contributed by atoms with Crippen LogP contribution >= 0.6 is 0 Å². The lowest BCUT2D eigenvalue weighted by Gasteiger charge is -2.33. The minimum atomic E-state index is -2.11. The maximum Gasteiger partial charge on any atom is 0.254 e. The molecule has 4 heteroatoms. The molecule has 1 rings (SSSR count). The molecule has 0 bridgehead atoms. The highest BCUT2D eigenvalue weighted by atomic mass is 28.4. The van der Waals surface area contributed by atoms with Crippen LogP contribution in [0.5, 0.6) is 0 Å². The van der Waals surface area contributed by atoms with Crippen LogP contribution in [0.1, 0.15) is 51.9 Å². The van der Waals surface area contributed by atoms with Crippen molar-refractivity contribution in [1.82, 2.24) is 4.90 Å². The molecule has 0 aromatic heterocycles. The van der Waals surface area contributed by atoms with Gasteiger partial charge in [-0.3, -0.25) is 4.79 Å². The van der Waals surface area contributed by atoms with Crippen LogP contribution in [0.25, 0.3) is 0 Å². The number of amides is 1. The predicted molar refractivity (Wildman–Crippen MR) is 96.2 cm³/mol. The van der Waals surface area contributed by atoms with Crippen LogP contribution in [0.4, 0.5) is 0 Å². The summed E-state index contributed by atoms with van der Waals surface area (Å²) in [4.78, 5) is 15.0. The van der Waals surface area contributed by atoms with E-state index in [1.165, 1.54) is 0 Å². The molecule has 0 heterocycles. The molecule has 0 radical (unpaired) electrons. The first-order valence-corrected chi connectivity index (χ1v) is 11.1. The summed E-state index contributed by atoms with van der Waals surface area (Å²) < 4.78 is 6.18. The second kappa shape index (κ2) is 7.42. The monoisotopic (exact) mass is 321 g/mol. The van der Waals surface area contributed by atoms with Crippen molar-refractivity contribution in [3.63, 3.8) is 0 Å². The molecule has 0 aliphatic heterocycles. The van der Waals surface area contributed by atoms with Crippen molar-refractivity contribution in [2.75, 3.05) is 0 Å². The average molecular weight is 322 g/mol. The van der Waals surface area contributed by atoms with Crippen molar-refractivity contribution in [2.24, 2.45) is 0 Å². The van der Waals surface area contributed by atoms with Crippen LogP contribution in [0.15, 0.2) is 24.3 Å². The lowest BCUT2D eigenvalue weighted by atomic mass is 10.1. The Hall–Kier alpha value is -1.13. The third kappa shape index (κ3) is 4.43. The van der Waals surface area contributed by atoms with Gasteiger partial charge in [0.25, 0.3) is 5.91 Å². The Morgan fingerprint density at radius 2 is 1.50 bits per heavy atom. The van der Waals surface area contributed by atoms with E-state index in [1.807, 2.05) is 36.9 Å². The molecule has 1 aromatic carbocycles. The summed E-state index contributed by atoms with van der Waals surface area (Å²) in [6.07, 6.45) is 0.163. The Morgan fingerprint density at radius 3 is 1.95 bits per heavy atom. The third-order valence-corrected chi connectivity index (χ3v) is 6.48. The maximum absolute atomic E-state index is 13.1. The molecule has 0 N–H and O–H groups in total. The van der Waals surface area contributed by atoms with E-state index in [2.05, 4.69) is 46.9 Å². The molecular formula is C18H31NO2Si. The second-order valence-electron chi connectivity index (χ2n) is 7.12. The lowest BCUT2D eigenvalue weighted by Crippen LogP contribution is -2.51. The molecule has 0 spiro atoms. The number of nitrogens with zero attached hydrogens (tertiary/aromatic N) is 1. The minimum Gasteiger partial charge on any atom is -0.411 e. The van der Waals surface area contributed by atoms with E-state index in [9.17, 15) is 4.79 Å². The number of carbonyl (C=O) groups is 1. The van der Waals surface area contributed by atoms with Crippen LogP contribution in [-0.2, 0) is 4.43 Å². The van der Waals surface area contributed by atoms with Gasteiger partial charge in [0.2, 0.25) is 8.32 Å². The standard InChI is InChI=1S/C18H31NO2Si/c1-13(2)19(14(3)4)18(20)16-11-9-10-12-17(16)22(7,8)21-15(5)6/h9-15H,1-8H3. The predicted octanol–water partition coefficient (Wildman–Crippen LogP) is 3.78. The quantitative estimate of drug-likeness (QED) is 0.746. The smallest absolute Gasteiger partial charge is 0.254 e.